The van der Waals surface area contributed by atoms with Crippen molar-refractivity contribution in [3.05, 3.63) is 32.6 Å². The Hall–Kier alpha value is -0.960. The van der Waals surface area contributed by atoms with Gasteiger partial charge in [-0.15, -0.1) is 22.7 Å². The number of methoxy groups -OCH3 is 2. The molecule has 106 valence electrons. The smallest absolute Gasteiger partial charge is 0.349 e. The van der Waals surface area contributed by atoms with Crippen LogP contribution in [0.15, 0.2) is 32.7 Å². The van der Waals surface area contributed by atoms with E-state index in [9.17, 15) is 9.59 Å². The van der Waals surface area contributed by atoms with Crippen molar-refractivity contribution in [2.24, 2.45) is 0 Å². The van der Waals surface area contributed by atoms with Gasteiger partial charge in [0.05, 0.1) is 14.2 Å². The maximum Gasteiger partial charge on any atom is 0.349 e. The molecule has 0 aliphatic rings. The zero-order chi connectivity index (χ0) is 14.5. The Balaban J connectivity index is 2.10. The molecule has 0 radical (unpaired) electrons. The summed E-state index contributed by atoms with van der Waals surface area (Å²) < 4.78 is 9.46. The van der Waals surface area contributed by atoms with Crippen molar-refractivity contribution in [3.63, 3.8) is 0 Å². The van der Waals surface area contributed by atoms with Crippen LogP contribution in [0.2, 0.25) is 0 Å². The highest BCUT2D eigenvalue weighted by atomic mass is 33.1. The van der Waals surface area contributed by atoms with Crippen molar-refractivity contribution in [2.45, 2.75) is 9.79 Å². The molecule has 4 nitrogen and oxygen atoms in total. The molecule has 0 fully saturated rings. The molecule has 0 N–H and O–H groups in total. The number of rotatable bonds is 5. The number of thiophene rings is 2. The van der Waals surface area contributed by atoms with E-state index in [1.165, 1.54) is 58.5 Å². The predicted molar refractivity (Wildman–Crippen MR) is 83.0 cm³/mol. The molecule has 2 heterocycles. The minimum Gasteiger partial charge on any atom is -0.465 e. The van der Waals surface area contributed by atoms with E-state index < -0.39 is 0 Å². The molecule has 0 saturated heterocycles. The van der Waals surface area contributed by atoms with Crippen LogP contribution in [0.3, 0.4) is 0 Å². The lowest BCUT2D eigenvalue weighted by Gasteiger charge is -2.02. The quantitative estimate of drug-likeness (QED) is 0.598. The predicted octanol–water partition coefficient (Wildman–Crippen LogP) is 4.18. The van der Waals surface area contributed by atoms with E-state index in [-0.39, 0.29) is 11.9 Å². The molecule has 0 aliphatic carbocycles. The minimum atomic E-state index is -0.346. The summed E-state index contributed by atoms with van der Waals surface area (Å²) in [6.45, 7) is 0. The molecule has 2 aromatic rings. The van der Waals surface area contributed by atoms with Crippen LogP contribution in [0, 0.1) is 0 Å². The summed E-state index contributed by atoms with van der Waals surface area (Å²) in [6, 6.07) is 3.72. The Bertz CT molecular complexity index is 562. The van der Waals surface area contributed by atoms with Crippen LogP contribution in [0.4, 0.5) is 0 Å². The zero-order valence-corrected chi connectivity index (χ0v) is 13.8. The van der Waals surface area contributed by atoms with E-state index in [1.807, 2.05) is 22.9 Å². The van der Waals surface area contributed by atoms with Crippen LogP contribution in [0.25, 0.3) is 0 Å². The van der Waals surface area contributed by atoms with Crippen molar-refractivity contribution in [2.75, 3.05) is 14.2 Å². The van der Waals surface area contributed by atoms with E-state index >= 15 is 0 Å². The molecule has 0 aliphatic heterocycles. The lowest BCUT2D eigenvalue weighted by atomic mass is 10.5. The van der Waals surface area contributed by atoms with E-state index in [4.69, 9.17) is 9.47 Å². The van der Waals surface area contributed by atoms with Crippen molar-refractivity contribution in [3.8, 4) is 0 Å². The van der Waals surface area contributed by atoms with Gasteiger partial charge in [-0.1, -0.05) is 21.6 Å². The molecule has 0 atom stereocenters. The fourth-order valence-corrected chi connectivity index (χ4v) is 5.85. The van der Waals surface area contributed by atoms with Gasteiger partial charge in [0.25, 0.3) is 0 Å². The average molecular weight is 346 g/mol. The highest BCUT2D eigenvalue weighted by Crippen LogP contribution is 2.43. The maximum absolute atomic E-state index is 11.6. The lowest BCUT2D eigenvalue weighted by molar-refractivity contribution is 0.0593. The molecule has 0 saturated carbocycles. The Labute approximate surface area is 131 Å². The van der Waals surface area contributed by atoms with Crippen molar-refractivity contribution in [1.29, 1.82) is 0 Å². The first kappa shape index (κ1) is 15.4. The fraction of sp³-hybridized carbons (Fsp3) is 0.167. The Morgan fingerprint density at radius 3 is 1.65 bits per heavy atom. The minimum absolute atomic E-state index is 0.346. The van der Waals surface area contributed by atoms with Gasteiger partial charge in [-0.2, -0.15) is 0 Å². The van der Waals surface area contributed by atoms with Crippen LogP contribution < -0.4 is 0 Å². The number of carbonyl (C=O) groups excluding carboxylic acids is 2. The molecule has 20 heavy (non-hydrogen) atoms. The van der Waals surface area contributed by atoms with Gasteiger partial charge in [-0.25, -0.2) is 9.59 Å². The first-order valence-corrected chi connectivity index (χ1v) is 9.24. The number of hydrogen-bond acceptors (Lipinski definition) is 8. The van der Waals surface area contributed by atoms with Crippen molar-refractivity contribution >= 4 is 56.2 Å². The third-order valence-electron chi connectivity index (χ3n) is 2.22. The number of carbonyl (C=O) groups is 2. The summed E-state index contributed by atoms with van der Waals surface area (Å²) in [5.41, 5.74) is 0. The molecule has 0 spiro atoms. The number of hydrogen-bond donors (Lipinski definition) is 0. The molecule has 0 unspecified atom stereocenters. The highest BCUT2D eigenvalue weighted by Gasteiger charge is 2.18. The van der Waals surface area contributed by atoms with Gasteiger partial charge in [-0.3, -0.25) is 0 Å². The summed E-state index contributed by atoms with van der Waals surface area (Å²) in [5.74, 6) is -0.691. The van der Waals surface area contributed by atoms with Crippen LogP contribution >= 0.6 is 44.3 Å². The molecule has 2 rings (SSSR count). The second kappa shape index (κ2) is 7.16. The normalized spacial score (nSPS) is 10.3. The van der Waals surface area contributed by atoms with Crippen LogP contribution in [-0.4, -0.2) is 26.2 Å². The third-order valence-corrected chi connectivity index (χ3v) is 6.72. The standard InChI is InChI=1S/C12H10O4S4/c1-15-11(13)9-7(3-5-17-9)19-20-8-4-6-18-10(8)12(14)16-2/h3-6H,1-2H3. The largest absolute Gasteiger partial charge is 0.465 e. The average Bonchev–Trinajstić information content (AvgIpc) is 3.11. The lowest BCUT2D eigenvalue weighted by Crippen LogP contribution is -1.99. The zero-order valence-electron chi connectivity index (χ0n) is 10.6. The number of ether oxygens (including phenoxy) is 2. The second-order valence-electron chi connectivity index (χ2n) is 3.38. The Morgan fingerprint density at radius 2 is 1.30 bits per heavy atom. The SMILES string of the molecule is COC(=O)c1sccc1SSc1ccsc1C(=O)OC. The van der Waals surface area contributed by atoms with Gasteiger partial charge in [0.2, 0.25) is 0 Å². The second-order valence-corrected chi connectivity index (χ2v) is 7.42. The molecule has 2 aromatic heterocycles. The van der Waals surface area contributed by atoms with Crippen LogP contribution in [0.5, 0.6) is 0 Å². The Kier molecular flexibility index (Phi) is 5.53. The summed E-state index contributed by atoms with van der Waals surface area (Å²) in [7, 11) is 5.56. The summed E-state index contributed by atoms with van der Waals surface area (Å²) in [4.78, 5) is 25.9. The first-order valence-electron chi connectivity index (χ1n) is 5.33. The van der Waals surface area contributed by atoms with Gasteiger partial charge in [0.15, 0.2) is 0 Å². The van der Waals surface area contributed by atoms with E-state index in [1.54, 1.807) is 0 Å². The van der Waals surface area contributed by atoms with Gasteiger partial charge in [0, 0.05) is 9.79 Å². The van der Waals surface area contributed by atoms with Gasteiger partial charge in [0.1, 0.15) is 9.75 Å². The summed E-state index contributed by atoms with van der Waals surface area (Å²) in [5, 5.41) is 3.67. The van der Waals surface area contributed by atoms with Crippen molar-refractivity contribution < 1.29 is 19.1 Å². The molecule has 0 aromatic carbocycles. The van der Waals surface area contributed by atoms with E-state index in [0.717, 1.165) is 9.79 Å². The fourth-order valence-electron chi connectivity index (χ4n) is 1.30. The number of esters is 2. The van der Waals surface area contributed by atoms with Gasteiger partial charge < -0.3 is 9.47 Å². The van der Waals surface area contributed by atoms with E-state index in [2.05, 4.69) is 0 Å². The topological polar surface area (TPSA) is 52.6 Å². The van der Waals surface area contributed by atoms with Gasteiger partial charge >= 0.3 is 11.9 Å². The summed E-state index contributed by atoms with van der Waals surface area (Å²) >= 11 is 2.67. The monoisotopic (exact) mass is 346 g/mol. The van der Waals surface area contributed by atoms with Crippen LogP contribution in [-0.2, 0) is 9.47 Å². The van der Waals surface area contributed by atoms with Gasteiger partial charge in [-0.05, 0) is 22.9 Å². The molecule has 0 amide bonds. The maximum atomic E-state index is 11.6. The Morgan fingerprint density at radius 1 is 0.900 bits per heavy atom. The molecular formula is C12H10O4S4. The molecular weight excluding hydrogens is 336 g/mol. The van der Waals surface area contributed by atoms with Crippen LogP contribution in [0.1, 0.15) is 19.3 Å². The molecule has 0 bridgehead atoms. The third kappa shape index (κ3) is 3.38. The van der Waals surface area contributed by atoms with E-state index in [0.29, 0.717) is 9.75 Å². The van der Waals surface area contributed by atoms with Crippen molar-refractivity contribution in [1.82, 2.24) is 0 Å². The molecule has 8 heteroatoms. The first-order chi connectivity index (χ1) is 9.67. The highest BCUT2D eigenvalue weighted by molar-refractivity contribution is 8.76. The summed E-state index contributed by atoms with van der Waals surface area (Å²) in [6.07, 6.45) is 0.